The molecule has 1 unspecified atom stereocenters. The summed E-state index contributed by atoms with van der Waals surface area (Å²) in [7, 11) is 0. The molecule has 0 bridgehead atoms. The summed E-state index contributed by atoms with van der Waals surface area (Å²) < 4.78 is 0. The minimum atomic E-state index is -1.05. The van der Waals surface area contributed by atoms with Crippen molar-refractivity contribution < 1.29 is 9.90 Å². The van der Waals surface area contributed by atoms with Crippen molar-refractivity contribution in [3.63, 3.8) is 0 Å². The summed E-state index contributed by atoms with van der Waals surface area (Å²) in [6.45, 7) is 5.18. The maximum Gasteiger partial charge on any atom is 0.358 e. The summed E-state index contributed by atoms with van der Waals surface area (Å²) in [6.07, 6.45) is 6.70. The number of hydrogen-bond acceptors (Lipinski definition) is 5. The molecule has 2 heterocycles. The number of aromatic nitrogens is 2. The zero-order valence-corrected chi connectivity index (χ0v) is 11.2. The van der Waals surface area contributed by atoms with Gasteiger partial charge in [0.05, 0.1) is 0 Å². The Morgan fingerprint density at radius 2 is 2.05 bits per heavy atom. The van der Waals surface area contributed by atoms with Crippen LogP contribution in [0.4, 0.5) is 5.82 Å². The molecular formula is C13H20N4O2. The zero-order chi connectivity index (χ0) is 13.7. The van der Waals surface area contributed by atoms with Crippen LogP contribution in [0.25, 0.3) is 0 Å². The molecule has 0 aromatic carbocycles. The first kappa shape index (κ1) is 13.7. The Kier molecular flexibility index (Phi) is 4.68. The van der Waals surface area contributed by atoms with Gasteiger partial charge in [-0.2, -0.15) is 0 Å². The Morgan fingerprint density at radius 1 is 1.37 bits per heavy atom. The molecule has 1 saturated heterocycles. The zero-order valence-electron chi connectivity index (χ0n) is 11.2. The molecule has 104 valence electrons. The molecule has 1 aliphatic rings. The minimum absolute atomic E-state index is 0.0204. The number of carboxylic acid groups (broad SMARTS) is 1. The van der Waals surface area contributed by atoms with Gasteiger partial charge in [-0.05, 0) is 32.9 Å². The van der Waals surface area contributed by atoms with E-state index in [4.69, 9.17) is 5.11 Å². The molecule has 19 heavy (non-hydrogen) atoms. The number of piperidine rings is 1. The van der Waals surface area contributed by atoms with E-state index in [0.29, 0.717) is 5.82 Å². The van der Waals surface area contributed by atoms with Crippen molar-refractivity contribution in [2.45, 2.75) is 32.2 Å². The van der Waals surface area contributed by atoms with Gasteiger partial charge in [-0.1, -0.05) is 6.42 Å². The van der Waals surface area contributed by atoms with Crippen LogP contribution in [0, 0.1) is 0 Å². The van der Waals surface area contributed by atoms with Crippen LogP contribution < -0.4 is 5.32 Å². The van der Waals surface area contributed by atoms with Crippen molar-refractivity contribution in [3.8, 4) is 0 Å². The standard InChI is InChI=1S/C13H20N4O2/c1-10(9-17-7-3-2-4-8-17)16-12-11(13(18)19)14-5-6-15-12/h5-6,10H,2-4,7-9H2,1H3,(H,15,16)(H,18,19). The molecule has 1 aliphatic heterocycles. The molecule has 2 rings (SSSR count). The van der Waals surface area contributed by atoms with Gasteiger partial charge in [0.25, 0.3) is 0 Å². The van der Waals surface area contributed by atoms with Gasteiger partial charge in [0.1, 0.15) is 0 Å². The van der Waals surface area contributed by atoms with E-state index in [0.717, 1.165) is 19.6 Å². The van der Waals surface area contributed by atoms with Crippen LogP contribution in [0.3, 0.4) is 0 Å². The number of anilines is 1. The van der Waals surface area contributed by atoms with Crippen LogP contribution >= 0.6 is 0 Å². The second-order valence-electron chi connectivity index (χ2n) is 4.97. The molecule has 1 aromatic rings. The predicted octanol–water partition coefficient (Wildman–Crippen LogP) is 1.46. The molecule has 1 aromatic heterocycles. The van der Waals surface area contributed by atoms with Gasteiger partial charge < -0.3 is 15.3 Å². The van der Waals surface area contributed by atoms with Gasteiger partial charge in [-0.3, -0.25) is 0 Å². The fraction of sp³-hybridized carbons (Fsp3) is 0.615. The third kappa shape index (κ3) is 3.89. The van der Waals surface area contributed by atoms with Crippen LogP contribution in [-0.4, -0.2) is 51.6 Å². The highest BCUT2D eigenvalue weighted by molar-refractivity contribution is 5.90. The van der Waals surface area contributed by atoms with E-state index >= 15 is 0 Å². The SMILES string of the molecule is CC(CN1CCCCC1)Nc1nccnc1C(=O)O. The lowest BCUT2D eigenvalue weighted by molar-refractivity contribution is 0.0691. The molecule has 1 fully saturated rings. The smallest absolute Gasteiger partial charge is 0.358 e. The van der Waals surface area contributed by atoms with E-state index in [-0.39, 0.29) is 11.7 Å². The van der Waals surface area contributed by atoms with Crippen molar-refractivity contribution in [2.75, 3.05) is 25.0 Å². The fourth-order valence-electron chi connectivity index (χ4n) is 2.41. The van der Waals surface area contributed by atoms with Crippen molar-refractivity contribution in [2.24, 2.45) is 0 Å². The second-order valence-corrected chi connectivity index (χ2v) is 4.97. The third-order valence-corrected chi connectivity index (χ3v) is 3.26. The quantitative estimate of drug-likeness (QED) is 0.838. The van der Waals surface area contributed by atoms with E-state index in [1.54, 1.807) is 0 Å². The number of nitrogens with one attached hydrogen (secondary N) is 1. The number of rotatable bonds is 5. The number of nitrogens with zero attached hydrogens (tertiary/aromatic N) is 3. The first-order valence-corrected chi connectivity index (χ1v) is 6.70. The van der Waals surface area contributed by atoms with Crippen LogP contribution in [0.1, 0.15) is 36.7 Å². The molecule has 0 radical (unpaired) electrons. The average molecular weight is 264 g/mol. The van der Waals surface area contributed by atoms with Crippen molar-refractivity contribution in [1.82, 2.24) is 14.9 Å². The summed E-state index contributed by atoms with van der Waals surface area (Å²) in [5, 5.41) is 12.2. The van der Waals surface area contributed by atoms with E-state index in [9.17, 15) is 4.79 Å². The highest BCUT2D eigenvalue weighted by Crippen LogP contribution is 2.12. The summed E-state index contributed by atoms with van der Waals surface area (Å²) in [4.78, 5) is 21.3. The topological polar surface area (TPSA) is 78.3 Å². The molecule has 0 spiro atoms. The van der Waals surface area contributed by atoms with Gasteiger partial charge in [0, 0.05) is 25.0 Å². The Labute approximate surface area is 112 Å². The molecule has 1 atom stereocenters. The summed E-state index contributed by atoms with van der Waals surface area (Å²) in [5.41, 5.74) is -0.0204. The van der Waals surface area contributed by atoms with Gasteiger partial charge in [-0.15, -0.1) is 0 Å². The largest absolute Gasteiger partial charge is 0.476 e. The van der Waals surface area contributed by atoms with Crippen LogP contribution in [0.5, 0.6) is 0 Å². The second kappa shape index (κ2) is 6.47. The molecule has 0 saturated carbocycles. The first-order chi connectivity index (χ1) is 9.16. The average Bonchev–Trinajstić information content (AvgIpc) is 2.40. The summed E-state index contributed by atoms with van der Waals surface area (Å²) >= 11 is 0. The van der Waals surface area contributed by atoms with Crippen LogP contribution in [0.15, 0.2) is 12.4 Å². The van der Waals surface area contributed by atoms with E-state index in [1.165, 1.54) is 31.7 Å². The van der Waals surface area contributed by atoms with Gasteiger partial charge in [0.15, 0.2) is 11.5 Å². The van der Waals surface area contributed by atoms with E-state index < -0.39 is 5.97 Å². The van der Waals surface area contributed by atoms with Crippen molar-refractivity contribution in [1.29, 1.82) is 0 Å². The molecule has 0 aliphatic carbocycles. The normalized spacial score (nSPS) is 17.9. The maximum atomic E-state index is 11.0. The van der Waals surface area contributed by atoms with Gasteiger partial charge >= 0.3 is 5.97 Å². The maximum absolute atomic E-state index is 11.0. The Hall–Kier alpha value is -1.69. The lowest BCUT2D eigenvalue weighted by Gasteiger charge is -2.29. The highest BCUT2D eigenvalue weighted by Gasteiger charge is 2.17. The number of carbonyl (C=O) groups is 1. The van der Waals surface area contributed by atoms with E-state index in [2.05, 4.69) is 20.2 Å². The minimum Gasteiger partial charge on any atom is -0.476 e. The molecule has 6 nitrogen and oxygen atoms in total. The number of likely N-dealkylation sites (tertiary alicyclic amines) is 1. The summed E-state index contributed by atoms with van der Waals surface area (Å²) in [6, 6.07) is 0.146. The number of hydrogen-bond donors (Lipinski definition) is 2. The first-order valence-electron chi connectivity index (χ1n) is 6.70. The molecule has 2 N–H and O–H groups in total. The van der Waals surface area contributed by atoms with Crippen LogP contribution in [0.2, 0.25) is 0 Å². The third-order valence-electron chi connectivity index (χ3n) is 3.26. The number of carboxylic acids is 1. The Bertz CT molecular complexity index is 432. The molecule has 0 amide bonds. The molecular weight excluding hydrogens is 244 g/mol. The monoisotopic (exact) mass is 264 g/mol. The predicted molar refractivity (Wildman–Crippen MR) is 72.4 cm³/mol. The van der Waals surface area contributed by atoms with Crippen molar-refractivity contribution >= 4 is 11.8 Å². The Balaban J connectivity index is 1.94. The van der Waals surface area contributed by atoms with Gasteiger partial charge in [0.2, 0.25) is 0 Å². The summed E-state index contributed by atoms with van der Waals surface area (Å²) in [5.74, 6) is -0.708. The van der Waals surface area contributed by atoms with Crippen LogP contribution in [-0.2, 0) is 0 Å². The fourth-order valence-corrected chi connectivity index (χ4v) is 2.41. The lowest BCUT2D eigenvalue weighted by atomic mass is 10.1. The van der Waals surface area contributed by atoms with E-state index in [1.807, 2.05) is 6.92 Å². The highest BCUT2D eigenvalue weighted by atomic mass is 16.4. The van der Waals surface area contributed by atoms with Crippen molar-refractivity contribution in [3.05, 3.63) is 18.1 Å². The molecule has 6 heteroatoms. The lowest BCUT2D eigenvalue weighted by Crippen LogP contribution is -2.38. The Morgan fingerprint density at radius 3 is 2.74 bits per heavy atom. The number of aromatic carboxylic acids is 1. The van der Waals surface area contributed by atoms with Gasteiger partial charge in [-0.25, -0.2) is 14.8 Å².